The van der Waals surface area contributed by atoms with Crippen LogP contribution < -0.4 is 0 Å². The van der Waals surface area contributed by atoms with Crippen LogP contribution in [0.5, 0.6) is 5.75 Å². The molecule has 0 aliphatic carbocycles. The van der Waals surface area contributed by atoms with Crippen molar-refractivity contribution >= 4 is 5.91 Å². The van der Waals surface area contributed by atoms with Gasteiger partial charge < -0.3 is 14.7 Å². The molecule has 1 atom stereocenters. The second-order valence-corrected chi connectivity index (χ2v) is 5.06. The van der Waals surface area contributed by atoms with Crippen molar-refractivity contribution in [3.05, 3.63) is 59.7 Å². The first-order chi connectivity index (χ1) is 10.6. The Hall–Kier alpha value is -2.47. The number of ether oxygens (including phenoxy) is 1. The Morgan fingerprint density at radius 1 is 1.41 bits per heavy atom. The molecule has 0 radical (unpaired) electrons. The Morgan fingerprint density at radius 3 is 3.05 bits per heavy atom. The highest BCUT2D eigenvalue weighted by atomic mass is 19.1. The van der Waals surface area contributed by atoms with Gasteiger partial charge in [-0.2, -0.15) is 0 Å². The summed E-state index contributed by atoms with van der Waals surface area (Å²) in [6, 6.07) is 8.09. The average molecular weight is 302 g/mol. The van der Waals surface area contributed by atoms with E-state index < -0.39 is 5.82 Å². The molecule has 1 saturated heterocycles. The molecule has 114 valence electrons. The first-order valence-corrected chi connectivity index (χ1v) is 6.94. The Balaban J connectivity index is 1.78. The normalized spacial score (nSPS) is 18.2. The van der Waals surface area contributed by atoms with Gasteiger partial charge in [0.05, 0.1) is 24.9 Å². The molecule has 1 aromatic heterocycles. The zero-order valence-corrected chi connectivity index (χ0v) is 11.8. The minimum Gasteiger partial charge on any atom is -0.508 e. The van der Waals surface area contributed by atoms with Crippen molar-refractivity contribution in [3.8, 4) is 5.75 Å². The molecule has 1 aromatic carbocycles. The summed E-state index contributed by atoms with van der Waals surface area (Å²) in [6.45, 7) is 1.07. The first kappa shape index (κ1) is 14.5. The lowest BCUT2D eigenvalue weighted by atomic mass is 10.1. The third kappa shape index (κ3) is 2.92. The summed E-state index contributed by atoms with van der Waals surface area (Å²) in [4.78, 5) is 17.6. The van der Waals surface area contributed by atoms with Crippen LogP contribution in [-0.4, -0.2) is 40.6 Å². The van der Waals surface area contributed by atoms with Crippen molar-refractivity contribution in [2.75, 3.05) is 19.7 Å². The van der Waals surface area contributed by atoms with Gasteiger partial charge in [-0.05, 0) is 23.8 Å². The fraction of sp³-hybridized carbons (Fsp3) is 0.250. The van der Waals surface area contributed by atoms with E-state index in [1.54, 1.807) is 23.1 Å². The Kier molecular flexibility index (Phi) is 4.02. The molecule has 6 heteroatoms. The number of hydrogen-bond acceptors (Lipinski definition) is 4. The number of hydrogen-bond donors (Lipinski definition) is 1. The highest BCUT2D eigenvalue weighted by molar-refractivity contribution is 5.94. The smallest absolute Gasteiger partial charge is 0.257 e. The average Bonchev–Trinajstić information content (AvgIpc) is 2.55. The maximum atomic E-state index is 13.7. The van der Waals surface area contributed by atoms with Crippen LogP contribution in [0.15, 0.2) is 42.7 Å². The minimum absolute atomic E-state index is 0.00607. The third-order valence-corrected chi connectivity index (χ3v) is 3.60. The van der Waals surface area contributed by atoms with Gasteiger partial charge in [0.15, 0.2) is 5.82 Å². The summed E-state index contributed by atoms with van der Waals surface area (Å²) in [5, 5.41) is 9.54. The van der Waals surface area contributed by atoms with Gasteiger partial charge in [0, 0.05) is 12.7 Å². The number of morpholine rings is 1. The molecule has 2 aromatic rings. The molecule has 1 aliphatic heterocycles. The van der Waals surface area contributed by atoms with Gasteiger partial charge in [-0.3, -0.25) is 9.78 Å². The molecule has 22 heavy (non-hydrogen) atoms. The zero-order chi connectivity index (χ0) is 15.5. The fourth-order valence-electron chi connectivity index (χ4n) is 2.48. The number of aromatic nitrogens is 1. The van der Waals surface area contributed by atoms with Gasteiger partial charge in [-0.15, -0.1) is 0 Å². The summed E-state index contributed by atoms with van der Waals surface area (Å²) < 4.78 is 19.3. The summed E-state index contributed by atoms with van der Waals surface area (Å²) in [5.74, 6) is -0.869. The third-order valence-electron chi connectivity index (χ3n) is 3.60. The highest BCUT2D eigenvalue weighted by Gasteiger charge is 2.27. The van der Waals surface area contributed by atoms with Gasteiger partial charge in [0.2, 0.25) is 0 Å². The lowest BCUT2D eigenvalue weighted by Gasteiger charge is -2.33. The highest BCUT2D eigenvalue weighted by Crippen LogP contribution is 2.25. The lowest BCUT2D eigenvalue weighted by molar-refractivity contribution is -0.0230. The molecular weight excluding hydrogens is 287 g/mol. The molecule has 3 rings (SSSR count). The number of amides is 1. The molecule has 1 fully saturated rings. The molecule has 0 unspecified atom stereocenters. The van der Waals surface area contributed by atoms with Crippen LogP contribution in [0.25, 0.3) is 0 Å². The van der Waals surface area contributed by atoms with Crippen molar-refractivity contribution in [3.63, 3.8) is 0 Å². The molecule has 0 saturated carbocycles. The Labute approximate surface area is 127 Å². The van der Waals surface area contributed by atoms with Gasteiger partial charge in [-0.1, -0.05) is 12.1 Å². The van der Waals surface area contributed by atoms with Crippen LogP contribution in [0.1, 0.15) is 22.0 Å². The summed E-state index contributed by atoms with van der Waals surface area (Å²) in [5.41, 5.74) is 0.791. The zero-order valence-electron chi connectivity index (χ0n) is 11.8. The number of benzene rings is 1. The van der Waals surface area contributed by atoms with E-state index in [0.717, 1.165) is 11.8 Å². The summed E-state index contributed by atoms with van der Waals surface area (Å²) in [7, 11) is 0. The van der Waals surface area contributed by atoms with Crippen LogP contribution in [-0.2, 0) is 4.74 Å². The predicted octanol–water partition coefficient (Wildman–Crippen LogP) is 2.14. The minimum atomic E-state index is -0.632. The number of phenols is 1. The Morgan fingerprint density at radius 2 is 2.27 bits per heavy atom. The molecule has 5 nitrogen and oxygen atoms in total. The van der Waals surface area contributed by atoms with E-state index >= 15 is 0 Å². The standard InChI is InChI=1S/C16H15FN2O3/c17-14-9-18-5-4-13(14)16(21)19-6-7-22-15(10-19)11-2-1-3-12(20)8-11/h1-5,8-9,15,20H,6-7,10H2/t15-/m1/s1. The van der Waals surface area contributed by atoms with Crippen molar-refractivity contribution in [1.82, 2.24) is 9.88 Å². The molecular formula is C16H15FN2O3. The van der Waals surface area contributed by atoms with Crippen LogP contribution >= 0.6 is 0 Å². The monoisotopic (exact) mass is 302 g/mol. The maximum absolute atomic E-state index is 13.7. The largest absolute Gasteiger partial charge is 0.508 e. The molecule has 1 N–H and O–H groups in total. The van der Waals surface area contributed by atoms with Crippen LogP contribution in [0.2, 0.25) is 0 Å². The molecule has 1 amide bonds. The van der Waals surface area contributed by atoms with E-state index in [2.05, 4.69) is 4.98 Å². The van der Waals surface area contributed by atoms with Crippen LogP contribution in [0.3, 0.4) is 0 Å². The summed E-state index contributed by atoms with van der Waals surface area (Å²) in [6.07, 6.45) is 2.08. The van der Waals surface area contributed by atoms with E-state index in [-0.39, 0.29) is 23.3 Å². The maximum Gasteiger partial charge on any atom is 0.257 e. The number of carbonyl (C=O) groups is 1. The molecule has 1 aliphatic rings. The van der Waals surface area contributed by atoms with Crippen molar-refractivity contribution < 1.29 is 19.0 Å². The van der Waals surface area contributed by atoms with Crippen LogP contribution in [0.4, 0.5) is 4.39 Å². The van der Waals surface area contributed by atoms with Gasteiger partial charge in [0.25, 0.3) is 5.91 Å². The van der Waals surface area contributed by atoms with E-state index in [0.29, 0.717) is 19.7 Å². The fourth-order valence-corrected chi connectivity index (χ4v) is 2.48. The SMILES string of the molecule is O=C(c1ccncc1F)N1CCO[C@@H](c2cccc(O)c2)C1. The number of carbonyl (C=O) groups excluding carboxylic acids is 1. The second-order valence-electron chi connectivity index (χ2n) is 5.06. The molecule has 0 spiro atoms. The van der Waals surface area contributed by atoms with E-state index in [1.165, 1.54) is 12.3 Å². The number of halogens is 1. The quantitative estimate of drug-likeness (QED) is 0.923. The number of pyridine rings is 1. The second kappa shape index (κ2) is 6.11. The van der Waals surface area contributed by atoms with Crippen LogP contribution in [0, 0.1) is 5.82 Å². The van der Waals surface area contributed by atoms with Crippen molar-refractivity contribution in [1.29, 1.82) is 0 Å². The Bertz CT molecular complexity index is 693. The van der Waals surface area contributed by atoms with E-state index in [9.17, 15) is 14.3 Å². The number of phenolic OH excluding ortho intramolecular Hbond substituents is 1. The number of rotatable bonds is 2. The van der Waals surface area contributed by atoms with Gasteiger partial charge in [0.1, 0.15) is 11.9 Å². The summed E-state index contributed by atoms with van der Waals surface area (Å²) >= 11 is 0. The van der Waals surface area contributed by atoms with Gasteiger partial charge >= 0.3 is 0 Å². The number of aromatic hydroxyl groups is 1. The number of nitrogens with zero attached hydrogens (tertiary/aromatic N) is 2. The topological polar surface area (TPSA) is 62.7 Å². The predicted molar refractivity (Wildman–Crippen MR) is 76.9 cm³/mol. The van der Waals surface area contributed by atoms with Crippen molar-refractivity contribution in [2.45, 2.75) is 6.10 Å². The van der Waals surface area contributed by atoms with E-state index in [1.807, 2.05) is 6.07 Å². The van der Waals surface area contributed by atoms with Gasteiger partial charge in [-0.25, -0.2) is 4.39 Å². The lowest BCUT2D eigenvalue weighted by Crippen LogP contribution is -2.42. The molecule has 2 heterocycles. The molecule has 0 bridgehead atoms. The van der Waals surface area contributed by atoms with Crippen molar-refractivity contribution in [2.24, 2.45) is 0 Å². The van der Waals surface area contributed by atoms with E-state index in [4.69, 9.17) is 4.74 Å². The first-order valence-electron chi connectivity index (χ1n) is 6.94.